The fraction of sp³-hybridized carbons (Fsp3) is 0.158. The van der Waals surface area contributed by atoms with Crippen molar-refractivity contribution in [3.05, 3.63) is 71.7 Å². The first kappa shape index (κ1) is 17.5. The molecule has 0 unspecified atom stereocenters. The van der Waals surface area contributed by atoms with Gasteiger partial charge in [-0.3, -0.25) is 4.79 Å². The van der Waals surface area contributed by atoms with Crippen molar-refractivity contribution < 1.29 is 18.4 Å². The number of hydrogen-bond donors (Lipinski definition) is 3. The lowest BCUT2D eigenvalue weighted by molar-refractivity contribution is -0.120. The molecule has 0 aliphatic rings. The summed E-state index contributed by atoms with van der Waals surface area (Å²) in [5, 5.41) is 8.70. The molecule has 0 bridgehead atoms. The zero-order chi connectivity index (χ0) is 18.4. The number of rotatable bonds is 6. The molecule has 0 saturated heterocycles. The second kappa shape index (κ2) is 8.15. The van der Waals surface area contributed by atoms with Gasteiger partial charge in [-0.15, -0.1) is 0 Å². The SMILES string of the molecule is O=C(CNC(=O)NCc1ccc(F)cc1)NCc1cc2ccccc2o1. The van der Waals surface area contributed by atoms with Crippen molar-refractivity contribution in [2.24, 2.45) is 0 Å². The molecule has 3 amide bonds. The van der Waals surface area contributed by atoms with Gasteiger partial charge in [0.05, 0.1) is 13.1 Å². The van der Waals surface area contributed by atoms with Crippen LogP contribution in [0, 0.1) is 5.82 Å². The molecule has 0 aliphatic carbocycles. The molecule has 0 fully saturated rings. The third-order valence-electron chi connectivity index (χ3n) is 3.71. The van der Waals surface area contributed by atoms with Crippen LogP contribution >= 0.6 is 0 Å². The summed E-state index contributed by atoms with van der Waals surface area (Å²) >= 11 is 0. The van der Waals surface area contributed by atoms with Gasteiger partial charge >= 0.3 is 6.03 Å². The van der Waals surface area contributed by atoms with Gasteiger partial charge in [0, 0.05) is 11.9 Å². The molecule has 0 radical (unpaired) electrons. The van der Waals surface area contributed by atoms with Crippen LogP contribution in [-0.2, 0) is 17.9 Å². The fourth-order valence-corrected chi connectivity index (χ4v) is 2.38. The number of fused-ring (bicyclic) bond motifs is 1. The molecule has 7 heteroatoms. The number of furan rings is 1. The fourth-order valence-electron chi connectivity index (χ4n) is 2.38. The molecule has 3 N–H and O–H groups in total. The number of nitrogens with one attached hydrogen (secondary N) is 3. The molecule has 1 aromatic heterocycles. The van der Waals surface area contributed by atoms with Crippen molar-refractivity contribution in [2.75, 3.05) is 6.54 Å². The minimum absolute atomic E-state index is 0.157. The van der Waals surface area contributed by atoms with E-state index in [-0.39, 0.29) is 31.4 Å². The van der Waals surface area contributed by atoms with Crippen LogP contribution in [-0.4, -0.2) is 18.5 Å². The maximum absolute atomic E-state index is 12.8. The molecule has 26 heavy (non-hydrogen) atoms. The number of amides is 3. The molecule has 0 spiro atoms. The molecule has 3 rings (SSSR count). The number of benzene rings is 2. The van der Waals surface area contributed by atoms with Crippen LogP contribution in [0.1, 0.15) is 11.3 Å². The second-order valence-corrected chi connectivity index (χ2v) is 5.69. The molecule has 3 aromatic rings. The molecular weight excluding hydrogens is 337 g/mol. The van der Waals surface area contributed by atoms with E-state index in [9.17, 15) is 14.0 Å². The summed E-state index contributed by atoms with van der Waals surface area (Å²) in [4.78, 5) is 23.5. The largest absolute Gasteiger partial charge is 0.459 e. The summed E-state index contributed by atoms with van der Waals surface area (Å²) in [7, 11) is 0. The Morgan fingerprint density at radius 1 is 0.923 bits per heavy atom. The van der Waals surface area contributed by atoms with E-state index in [4.69, 9.17) is 4.42 Å². The average Bonchev–Trinajstić information content (AvgIpc) is 3.07. The van der Waals surface area contributed by atoms with Gasteiger partial charge in [-0.2, -0.15) is 0 Å². The lowest BCUT2D eigenvalue weighted by Crippen LogP contribution is -2.41. The number of carbonyl (C=O) groups is 2. The summed E-state index contributed by atoms with van der Waals surface area (Å²) in [5.74, 6) is -0.0259. The van der Waals surface area contributed by atoms with Crippen LogP contribution in [0.5, 0.6) is 0 Å². The number of para-hydroxylation sites is 1. The minimum atomic E-state index is -0.479. The van der Waals surface area contributed by atoms with E-state index in [0.29, 0.717) is 5.76 Å². The Morgan fingerprint density at radius 3 is 2.46 bits per heavy atom. The summed E-state index contributed by atoms with van der Waals surface area (Å²) in [6.07, 6.45) is 0. The Balaban J connectivity index is 1.37. The van der Waals surface area contributed by atoms with E-state index in [1.807, 2.05) is 30.3 Å². The van der Waals surface area contributed by atoms with Crippen molar-refractivity contribution >= 4 is 22.9 Å². The Kier molecular flexibility index (Phi) is 5.48. The maximum atomic E-state index is 12.8. The van der Waals surface area contributed by atoms with Crippen LogP contribution in [0.25, 0.3) is 11.0 Å². The number of hydrogen-bond acceptors (Lipinski definition) is 3. The minimum Gasteiger partial charge on any atom is -0.459 e. The Morgan fingerprint density at radius 2 is 1.69 bits per heavy atom. The quantitative estimate of drug-likeness (QED) is 0.636. The normalized spacial score (nSPS) is 10.5. The van der Waals surface area contributed by atoms with Crippen molar-refractivity contribution in [1.29, 1.82) is 0 Å². The summed E-state index contributed by atoms with van der Waals surface area (Å²) in [6.45, 7) is 0.328. The Hall–Kier alpha value is -3.35. The van der Waals surface area contributed by atoms with Crippen LogP contribution in [0.3, 0.4) is 0 Å². The van der Waals surface area contributed by atoms with Gasteiger partial charge in [0.1, 0.15) is 17.2 Å². The second-order valence-electron chi connectivity index (χ2n) is 5.69. The summed E-state index contributed by atoms with van der Waals surface area (Å²) in [6, 6.07) is 14.8. The summed E-state index contributed by atoms with van der Waals surface area (Å²) in [5.41, 5.74) is 1.52. The number of urea groups is 1. The topological polar surface area (TPSA) is 83.4 Å². The maximum Gasteiger partial charge on any atom is 0.315 e. The predicted octanol–water partition coefficient (Wildman–Crippen LogP) is 2.69. The first-order valence-corrected chi connectivity index (χ1v) is 8.10. The molecule has 0 atom stereocenters. The highest BCUT2D eigenvalue weighted by atomic mass is 19.1. The molecule has 0 aliphatic heterocycles. The average molecular weight is 355 g/mol. The lowest BCUT2D eigenvalue weighted by atomic mass is 10.2. The first-order valence-electron chi connectivity index (χ1n) is 8.10. The third kappa shape index (κ3) is 4.83. The highest BCUT2D eigenvalue weighted by Gasteiger charge is 2.07. The Labute approximate surface area is 149 Å². The van der Waals surface area contributed by atoms with E-state index in [1.54, 1.807) is 12.1 Å². The van der Waals surface area contributed by atoms with Gasteiger partial charge in [0.25, 0.3) is 0 Å². The molecule has 6 nitrogen and oxygen atoms in total. The van der Waals surface area contributed by atoms with Gasteiger partial charge in [0.2, 0.25) is 5.91 Å². The van der Waals surface area contributed by atoms with Crippen LogP contribution in [0.2, 0.25) is 0 Å². The molecule has 0 saturated carbocycles. The van der Waals surface area contributed by atoms with Gasteiger partial charge in [-0.05, 0) is 29.8 Å². The highest BCUT2D eigenvalue weighted by molar-refractivity contribution is 5.84. The zero-order valence-corrected chi connectivity index (χ0v) is 13.9. The molecular formula is C19H18FN3O3. The van der Waals surface area contributed by atoms with Crippen molar-refractivity contribution in [3.8, 4) is 0 Å². The lowest BCUT2D eigenvalue weighted by Gasteiger charge is -2.08. The predicted molar refractivity (Wildman–Crippen MR) is 94.7 cm³/mol. The Bertz CT molecular complexity index is 873. The van der Waals surface area contributed by atoms with Gasteiger partial charge in [0.15, 0.2) is 0 Å². The monoisotopic (exact) mass is 355 g/mol. The molecule has 2 aromatic carbocycles. The number of halogens is 1. The van der Waals surface area contributed by atoms with Crippen molar-refractivity contribution in [3.63, 3.8) is 0 Å². The van der Waals surface area contributed by atoms with Crippen molar-refractivity contribution in [1.82, 2.24) is 16.0 Å². The molecule has 134 valence electrons. The van der Waals surface area contributed by atoms with Crippen LogP contribution in [0.15, 0.2) is 59.0 Å². The highest BCUT2D eigenvalue weighted by Crippen LogP contribution is 2.18. The number of carbonyl (C=O) groups excluding carboxylic acids is 2. The molecule has 1 heterocycles. The smallest absolute Gasteiger partial charge is 0.315 e. The van der Waals surface area contributed by atoms with Gasteiger partial charge in [-0.25, -0.2) is 9.18 Å². The van der Waals surface area contributed by atoms with Crippen LogP contribution in [0.4, 0.5) is 9.18 Å². The van der Waals surface area contributed by atoms with E-state index in [0.717, 1.165) is 16.5 Å². The van der Waals surface area contributed by atoms with E-state index < -0.39 is 6.03 Å². The van der Waals surface area contributed by atoms with Gasteiger partial charge in [-0.1, -0.05) is 30.3 Å². The van der Waals surface area contributed by atoms with Crippen molar-refractivity contribution in [2.45, 2.75) is 13.1 Å². The zero-order valence-electron chi connectivity index (χ0n) is 13.9. The first-order chi connectivity index (χ1) is 12.6. The van der Waals surface area contributed by atoms with Crippen LogP contribution < -0.4 is 16.0 Å². The van der Waals surface area contributed by atoms with E-state index >= 15 is 0 Å². The van der Waals surface area contributed by atoms with E-state index in [2.05, 4.69) is 16.0 Å². The van der Waals surface area contributed by atoms with E-state index in [1.165, 1.54) is 12.1 Å². The van der Waals surface area contributed by atoms with Gasteiger partial charge < -0.3 is 20.4 Å². The third-order valence-corrected chi connectivity index (χ3v) is 3.71. The summed E-state index contributed by atoms with van der Waals surface area (Å²) < 4.78 is 18.4. The standard InChI is InChI=1S/C19H18FN3O3/c20-15-7-5-13(6-8-15)10-22-19(25)23-12-18(24)21-11-16-9-14-3-1-2-4-17(14)26-16/h1-9H,10-12H2,(H,21,24)(H2,22,23,25).